The molecule has 1 aromatic carbocycles. The highest BCUT2D eigenvalue weighted by Gasteiger charge is 2.41. The number of nitrogens with one attached hydrogen (secondary N) is 1. The molecule has 3 amide bonds. The van der Waals surface area contributed by atoms with E-state index in [4.69, 9.17) is 9.47 Å². The molecule has 1 saturated carbocycles. The number of pyridine rings is 1. The van der Waals surface area contributed by atoms with Gasteiger partial charge in [-0.3, -0.25) is 24.6 Å². The molecule has 3 unspecified atom stereocenters. The number of amides is 3. The number of likely N-dealkylation sites (tertiary alicyclic amines) is 1. The second-order valence-corrected chi connectivity index (χ2v) is 10.5. The molecule has 2 saturated heterocycles. The van der Waals surface area contributed by atoms with Gasteiger partial charge in [-0.2, -0.15) is 0 Å². The average molecular weight is 505 g/mol. The monoisotopic (exact) mass is 504 g/mol. The lowest BCUT2D eigenvalue weighted by atomic mass is 9.84. The zero-order chi connectivity index (χ0) is 25.5. The van der Waals surface area contributed by atoms with Crippen molar-refractivity contribution in [3.63, 3.8) is 0 Å². The smallest absolute Gasteiger partial charge is 0.255 e. The van der Waals surface area contributed by atoms with Crippen molar-refractivity contribution in [2.45, 2.75) is 69.2 Å². The Bertz CT molecular complexity index is 1230. The molecule has 3 atom stereocenters. The van der Waals surface area contributed by atoms with E-state index in [-0.39, 0.29) is 24.3 Å². The van der Waals surface area contributed by atoms with Crippen LogP contribution in [0.25, 0.3) is 0 Å². The van der Waals surface area contributed by atoms with Crippen molar-refractivity contribution in [3.8, 4) is 11.6 Å². The van der Waals surface area contributed by atoms with Gasteiger partial charge in [-0.15, -0.1) is 0 Å². The molecule has 0 bridgehead atoms. The van der Waals surface area contributed by atoms with Gasteiger partial charge in [0.1, 0.15) is 17.9 Å². The summed E-state index contributed by atoms with van der Waals surface area (Å²) < 4.78 is 11.8. The van der Waals surface area contributed by atoms with Gasteiger partial charge in [0.15, 0.2) is 0 Å². The summed E-state index contributed by atoms with van der Waals surface area (Å²) in [5.74, 6) is 1.06. The zero-order valence-corrected chi connectivity index (χ0v) is 21.0. The molecule has 2 aromatic rings. The van der Waals surface area contributed by atoms with Crippen LogP contribution in [0.1, 0.15) is 65.9 Å². The number of hydrogen-bond acceptors (Lipinski definition) is 7. The average Bonchev–Trinajstić information content (AvgIpc) is 3.19. The van der Waals surface area contributed by atoms with E-state index >= 15 is 0 Å². The van der Waals surface area contributed by atoms with Crippen LogP contribution < -0.4 is 14.8 Å². The summed E-state index contributed by atoms with van der Waals surface area (Å²) in [5, 5.41) is 2.35. The maximum atomic E-state index is 13.0. The minimum Gasteiger partial charge on any atom is -0.489 e. The van der Waals surface area contributed by atoms with Crippen LogP contribution in [0.3, 0.4) is 0 Å². The Labute approximate surface area is 216 Å². The quantitative estimate of drug-likeness (QED) is 0.604. The number of ether oxygens (including phenoxy) is 2. The number of methoxy groups -OCH3 is 1. The van der Waals surface area contributed by atoms with E-state index in [0.29, 0.717) is 36.4 Å². The lowest BCUT2D eigenvalue weighted by Crippen LogP contribution is -2.57. The van der Waals surface area contributed by atoms with Gasteiger partial charge in [-0.05, 0) is 61.1 Å². The third kappa shape index (κ3) is 4.56. The van der Waals surface area contributed by atoms with Crippen LogP contribution in [-0.2, 0) is 16.1 Å². The molecule has 3 aliphatic heterocycles. The summed E-state index contributed by atoms with van der Waals surface area (Å²) in [6.07, 6.45) is 6.99. The van der Waals surface area contributed by atoms with E-state index in [9.17, 15) is 14.4 Å². The molecule has 6 rings (SSSR count). The number of benzene rings is 1. The second kappa shape index (κ2) is 9.78. The number of imide groups is 1. The molecule has 194 valence electrons. The van der Waals surface area contributed by atoms with Crippen LogP contribution in [0.5, 0.6) is 11.6 Å². The SMILES string of the molecule is COc1cc(C2CN(C3CCCCC3Oc3ccc4c(c3)CN(C3CCC(=O)NC3=O)C4=O)C2)ccn1. The molecule has 3 fully saturated rings. The maximum absolute atomic E-state index is 13.0. The molecule has 1 N–H and O–H groups in total. The van der Waals surface area contributed by atoms with Crippen molar-refractivity contribution >= 4 is 17.7 Å². The molecule has 0 radical (unpaired) electrons. The van der Waals surface area contributed by atoms with Gasteiger partial charge in [0.25, 0.3) is 5.91 Å². The van der Waals surface area contributed by atoms with Gasteiger partial charge in [0.2, 0.25) is 17.7 Å². The van der Waals surface area contributed by atoms with Crippen molar-refractivity contribution in [1.82, 2.24) is 20.1 Å². The van der Waals surface area contributed by atoms with Gasteiger partial charge in [0.05, 0.1) is 7.11 Å². The van der Waals surface area contributed by atoms with E-state index < -0.39 is 11.9 Å². The van der Waals surface area contributed by atoms with Gasteiger partial charge < -0.3 is 14.4 Å². The summed E-state index contributed by atoms with van der Waals surface area (Å²) in [7, 11) is 1.64. The first-order valence-corrected chi connectivity index (χ1v) is 13.2. The van der Waals surface area contributed by atoms with E-state index in [1.807, 2.05) is 30.5 Å². The standard InChI is InChI=1S/C28H32N4O5/c1-36-26-13-17(10-11-29-26)19-14-31(15-19)22-4-2-3-5-24(22)37-20-6-7-21-18(12-20)16-32(28(21)35)23-8-9-25(33)30-27(23)34/h6-7,10-13,19,22-24H,2-5,8-9,14-16H2,1H3,(H,30,33,34). The van der Waals surface area contributed by atoms with Crippen LogP contribution in [0.4, 0.5) is 0 Å². The molecule has 1 aromatic heterocycles. The summed E-state index contributed by atoms with van der Waals surface area (Å²) in [5.41, 5.74) is 2.74. The summed E-state index contributed by atoms with van der Waals surface area (Å²) in [6.45, 7) is 2.35. The number of rotatable bonds is 6. The zero-order valence-electron chi connectivity index (χ0n) is 21.0. The van der Waals surface area contributed by atoms with Crippen molar-refractivity contribution < 1.29 is 23.9 Å². The fraction of sp³-hybridized carbons (Fsp3) is 0.500. The number of piperidine rings is 1. The largest absolute Gasteiger partial charge is 0.489 e. The lowest BCUT2D eigenvalue weighted by Gasteiger charge is -2.48. The van der Waals surface area contributed by atoms with Gasteiger partial charge in [0, 0.05) is 55.8 Å². The van der Waals surface area contributed by atoms with Crippen molar-refractivity contribution in [1.29, 1.82) is 0 Å². The fourth-order valence-electron chi connectivity index (χ4n) is 6.22. The predicted octanol–water partition coefficient (Wildman–Crippen LogP) is 2.64. The van der Waals surface area contributed by atoms with Crippen molar-refractivity contribution in [2.24, 2.45) is 0 Å². The molecular weight excluding hydrogens is 472 g/mol. The Balaban J connectivity index is 1.11. The van der Waals surface area contributed by atoms with Crippen LogP contribution in [0, 0.1) is 0 Å². The first-order chi connectivity index (χ1) is 18.0. The van der Waals surface area contributed by atoms with E-state index in [0.717, 1.165) is 43.7 Å². The number of nitrogens with zero attached hydrogens (tertiary/aromatic N) is 3. The molecule has 4 aliphatic rings. The molecule has 4 heterocycles. The van der Waals surface area contributed by atoms with Crippen molar-refractivity contribution in [3.05, 3.63) is 53.2 Å². The van der Waals surface area contributed by atoms with E-state index in [2.05, 4.69) is 21.3 Å². The summed E-state index contributed by atoms with van der Waals surface area (Å²) in [4.78, 5) is 45.2. The number of fused-ring (bicyclic) bond motifs is 1. The summed E-state index contributed by atoms with van der Waals surface area (Å²) >= 11 is 0. The molecule has 37 heavy (non-hydrogen) atoms. The molecule has 9 heteroatoms. The van der Waals surface area contributed by atoms with Crippen LogP contribution in [-0.4, -0.2) is 70.9 Å². The van der Waals surface area contributed by atoms with Gasteiger partial charge in [-0.25, -0.2) is 4.98 Å². The Morgan fingerprint density at radius 2 is 1.86 bits per heavy atom. The van der Waals surface area contributed by atoms with Gasteiger partial charge in [-0.1, -0.05) is 6.42 Å². The van der Waals surface area contributed by atoms with Crippen LogP contribution >= 0.6 is 0 Å². The Morgan fingerprint density at radius 1 is 1.03 bits per heavy atom. The van der Waals surface area contributed by atoms with E-state index in [1.54, 1.807) is 12.0 Å². The minimum atomic E-state index is -0.607. The normalized spacial score (nSPS) is 26.5. The highest BCUT2D eigenvalue weighted by atomic mass is 16.5. The third-order valence-corrected chi connectivity index (χ3v) is 8.27. The predicted molar refractivity (Wildman–Crippen MR) is 134 cm³/mol. The lowest BCUT2D eigenvalue weighted by molar-refractivity contribution is -0.136. The molecule has 9 nitrogen and oxygen atoms in total. The number of aromatic nitrogens is 1. The van der Waals surface area contributed by atoms with E-state index in [1.165, 1.54) is 12.0 Å². The Hall–Kier alpha value is -3.46. The first kappa shape index (κ1) is 23.9. The highest BCUT2D eigenvalue weighted by Crippen LogP contribution is 2.37. The fourth-order valence-corrected chi connectivity index (χ4v) is 6.22. The number of carbonyl (C=O) groups is 3. The molecule has 0 spiro atoms. The Morgan fingerprint density at radius 3 is 2.68 bits per heavy atom. The van der Waals surface area contributed by atoms with Gasteiger partial charge >= 0.3 is 0 Å². The number of carbonyl (C=O) groups excluding carboxylic acids is 3. The number of hydrogen-bond donors (Lipinski definition) is 1. The van der Waals surface area contributed by atoms with Crippen LogP contribution in [0.15, 0.2) is 36.5 Å². The first-order valence-electron chi connectivity index (χ1n) is 13.2. The second-order valence-electron chi connectivity index (χ2n) is 10.5. The highest BCUT2D eigenvalue weighted by molar-refractivity contribution is 6.05. The van der Waals surface area contributed by atoms with Crippen molar-refractivity contribution in [2.75, 3.05) is 20.2 Å². The van der Waals surface area contributed by atoms with Crippen LogP contribution in [0.2, 0.25) is 0 Å². The topological polar surface area (TPSA) is 101 Å². The molecule has 1 aliphatic carbocycles. The third-order valence-electron chi connectivity index (χ3n) is 8.27. The molecular formula is C28H32N4O5. The Kier molecular flexibility index (Phi) is 6.32. The maximum Gasteiger partial charge on any atom is 0.255 e. The minimum absolute atomic E-state index is 0.100. The summed E-state index contributed by atoms with van der Waals surface area (Å²) in [6, 6.07) is 9.50.